The maximum absolute atomic E-state index is 14.5. The van der Waals surface area contributed by atoms with Crippen molar-refractivity contribution in [2.24, 2.45) is 22.7 Å². The van der Waals surface area contributed by atoms with E-state index in [0.717, 1.165) is 27.9 Å². The third kappa shape index (κ3) is 17.4. The number of benzene rings is 2. The van der Waals surface area contributed by atoms with E-state index in [-0.39, 0.29) is 38.8 Å². The maximum Gasteiger partial charge on any atom is 0.408 e. The number of sulfonamides is 2. The number of aliphatic hydroxyl groups is 1. The Morgan fingerprint density at radius 1 is 0.602 bits per heavy atom. The number of rotatable bonds is 18. The van der Waals surface area contributed by atoms with Crippen molar-refractivity contribution in [2.45, 2.75) is 216 Å². The van der Waals surface area contributed by atoms with Gasteiger partial charge in [0, 0.05) is 65.6 Å². The molecule has 4 aliphatic heterocycles. The molecular weight excluding hydrogens is 1380 g/mol. The lowest BCUT2D eigenvalue weighted by molar-refractivity contribution is -0.143. The minimum atomic E-state index is -3.90. The van der Waals surface area contributed by atoms with Crippen LogP contribution in [0.3, 0.4) is 0 Å². The van der Waals surface area contributed by atoms with Crippen molar-refractivity contribution in [3.63, 3.8) is 0 Å². The van der Waals surface area contributed by atoms with Crippen LogP contribution in [0.5, 0.6) is 17.4 Å². The van der Waals surface area contributed by atoms with Gasteiger partial charge < -0.3 is 59.9 Å². The molecule has 10 atom stereocenters. The van der Waals surface area contributed by atoms with Crippen LogP contribution in [0.4, 0.5) is 14.0 Å². The number of aromatic nitrogens is 2. The maximum atomic E-state index is 14.5. The Bertz CT molecular complexity index is 4290. The van der Waals surface area contributed by atoms with Gasteiger partial charge in [0.1, 0.15) is 64.1 Å². The zero-order valence-electron chi connectivity index (χ0n) is 60.2. The van der Waals surface area contributed by atoms with Gasteiger partial charge in [-0.25, -0.2) is 36.4 Å². The van der Waals surface area contributed by atoms with Gasteiger partial charge in [0.15, 0.2) is 0 Å². The van der Waals surface area contributed by atoms with E-state index in [1.54, 1.807) is 95.2 Å². The number of nitrogens with one attached hydrogen (secondary N) is 6. The SMILES string of the molecule is C=CC1C[C@]1(NC(=O)[C@@H]1C[C@@H](O)CN1C(=O)[C@@H](NC(=O)OC(C)(C)C)C(C)(C)C)C(=O)NS(=O)(=O)C1CC1.C=CC1C[C@]1(NC(=O)[C@@H]1C[C@@H](Oc2nc3c(c4ccccc24)OCC3)CN1C(=O)[C@@H](NC(=O)OC(C)(C)C)C(C)(C)C)C(=O)NS(=O)(=O)C1CC1.Fc1nc2c(c3ccccc13)OCC2. The van der Waals surface area contributed by atoms with Crippen LogP contribution < -0.4 is 44.9 Å². The number of carbonyl (C=O) groups is 8. The molecule has 560 valence electrons. The number of likely N-dealkylation sites (tertiary alicyclic amines) is 2. The molecule has 4 saturated carbocycles. The van der Waals surface area contributed by atoms with Crippen molar-refractivity contribution < 1.29 is 88.4 Å². The number of halogens is 1. The summed E-state index contributed by atoms with van der Waals surface area (Å²) < 4.78 is 96.3. The monoisotopic (exact) mass is 1470 g/mol. The van der Waals surface area contributed by atoms with E-state index in [9.17, 15) is 64.7 Å². The Balaban J connectivity index is 0.000000191. The van der Waals surface area contributed by atoms with E-state index in [2.05, 4.69) is 48.9 Å². The summed E-state index contributed by atoms with van der Waals surface area (Å²) in [6.07, 6.45) is 3.07. The minimum Gasteiger partial charge on any atom is -0.491 e. The molecule has 2 unspecified atom stereocenters. The Morgan fingerprint density at radius 2 is 1.00 bits per heavy atom. The molecule has 103 heavy (non-hydrogen) atoms. The van der Waals surface area contributed by atoms with E-state index in [4.69, 9.17) is 28.7 Å². The van der Waals surface area contributed by atoms with Crippen LogP contribution in [0.25, 0.3) is 21.5 Å². The third-order valence-electron chi connectivity index (χ3n) is 19.0. The summed E-state index contributed by atoms with van der Waals surface area (Å²) >= 11 is 0. The van der Waals surface area contributed by atoms with E-state index in [1.165, 1.54) is 22.0 Å². The molecular formula is C72H95FN10O18S2. The molecule has 2 aromatic carbocycles. The van der Waals surface area contributed by atoms with Crippen LogP contribution in [-0.2, 0) is 71.1 Å². The molecule has 31 heteroatoms. The molecule has 8 amide bonds. The van der Waals surface area contributed by atoms with Crippen LogP contribution in [0.1, 0.15) is 146 Å². The van der Waals surface area contributed by atoms with E-state index in [0.29, 0.717) is 74.1 Å². The standard InChI is InChI=1S/C36H47N5O9S.C25H40N4O8S.C11H8FNO/c1-8-20-18-36(20,32(44)40-51(46,47)22-13-14-22)39-29(42)26-17-21(49-30-24-12-10-9-11-23(24)27-25(37-30)15-16-48-27)19-41(26)31(43)28(34(2,3)4)38-33(45)50-35(5,6)7;1-8-14-12-25(14,21(33)28-38(35,36)16-9-10-16)27-19(31)17-11-15(30)13-29(17)20(32)18(23(2,3)4)26-22(34)37-24(5,6)7;12-11-8-4-2-1-3-7(8)10-9(13-11)5-6-14-10/h8-12,20-22,26,28H,1,13-19H2,2-7H3,(H,38,45)(H,39,42)(H,40,44);8,14-18,30H,1,9-13H2,2-7H3,(H,26,34)(H,27,31)(H,28,33);1-4H,5-6H2/t20?,21-,26+,28-,36-;14?,15-,17+,18-,25-;/m11./s1. The highest BCUT2D eigenvalue weighted by Crippen LogP contribution is 2.48. The van der Waals surface area contributed by atoms with Crippen LogP contribution >= 0.6 is 0 Å². The largest absolute Gasteiger partial charge is 0.491 e. The second-order valence-electron chi connectivity index (χ2n) is 31.8. The average molecular weight is 1470 g/mol. The number of aliphatic hydroxyl groups excluding tert-OH is 1. The van der Waals surface area contributed by atoms with Crippen molar-refractivity contribution in [2.75, 3.05) is 26.3 Å². The fraction of sp³-hybridized carbons (Fsp3) is 0.583. The lowest BCUT2D eigenvalue weighted by Gasteiger charge is -2.36. The first-order chi connectivity index (χ1) is 48.0. The lowest BCUT2D eigenvalue weighted by atomic mass is 9.85. The van der Waals surface area contributed by atoms with E-state index in [1.807, 2.05) is 36.4 Å². The summed E-state index contributed by atoms with van der Waals surface area (Å²) in [7, 11) is -7.74. The van der Waals surface area contributed by atoms with Gasteiger partial charge in [-0.05, 0) is 103 Å². The fourth-order valence-electron chi connectivity index (χ4n) is 13.1. The van der Waals surface area contributed by atoms with Gasteiger partial charge in [-0.3, -0.25) is 38.2 Å². The van der Waals surface area contributed by atoms with Gasteiger partial charge in [-0.1, -0.05) is 90.1 Å². The number of hydrogen-bond acceptors (Lipinski definition) is 20. The number of nitrogens with zero attached hydrogens (tertiary/aromatic N) is 4. The molecule has 0 bridgehead atoms. The van der Waals surface area contributed by atoms with Gasteiger partial charge in [0.05, 0.1) is 47.8 Å². The highest BCUT2D eigenvalue weighted by molar-refractivity contribution is 7.91. The Kier molecular flexibility index (Phi) is 21.5. The second kappa shape index (κ2) is 28.7. The number of alkyl carbamates (subject to hydrolysis) is 2. The molecule has 7 N–H and O–H groups in total. The van der Waals surface area contributed by atoms with Crippen LogP contribution in [0.15, 0.2) is 73.8 Å². The number of hydrogen-bond donors (Lipinski definition) is 7. The van der Waals surface area contributed by atoms with Gasteiger partial charge in [0.25, 0.3) is 11.8 Å². The van der Waals surface area contributed by atoms with Crippen molar-refractivity contribution in [3.05, 3.63) is 91.2 Å². The van der Waals surface area contributed by atoms with Gasteiger partial charge >= 0.3 is 12.2 Å². The topological polar surface area (TPSA) is 376 Å². The molecule has 0 spiro atoms. The van der Waals surface area contributed by atoms with Gasteiger partial charge in [0.2, 0.25) is 55.5 Å². The van der Waals surface area contributed by atoms with Crippen LogP contribution in [-0.4, -0.2) is 185 Å². The molecule has 12 rings (SSSR count). The quantitative estimate of drug-likeness (QED) is 0.0444. The van der Waals surface area contributed by atoms with Gasteiger partial charge in [-0.15, -0.1) is 13.2 Å². The predicted molar refractivity (Wildman–Crippen MR) is 376 cm³/mol. The van der Waals surface area contributed by atoms with Crippen LogP contribution in [0, 0.1) is 28.6 Å². The molecule has 2 saturated heterocycles. The Morgan fingerprint density at radius 3 is 1.41 bits per heavy atom. The first-order valence-corrected chi connectivity index (χ1v) is 37.8. The summed E-state index contributed by atoms with van der Waals surface area (Å²) in [5.41, 5.74) is -4.78. The minimum absolute atomic E-state index is 0.0291. The van der Waals surface area contributed by atoms with Crippen molar-refractivity contribution in [1.82, 2.24) is 50.5 Å². The highest BCUT2D eigenvalue weighted by atomic mass is 32.2. The summed E-state index contributed by atoms with van der Waals surface area (Å²) in [6, 6.07) is 10.3. The number of β-amino-alcohol motifs (C(OH)–C–C–N with tert-alkyl or cyclic N) is 1. The summed E-state index contributed by atoms with van der Waals surface area (Å²) in [6.45, 7) is 29.1. The molecule has 0 radical (unpaired) electrons. The predicted octanol–water partition coefficient (Wildman–Crippen LogP) is 5.99. The molecule has 6 heterocycles. The Hall–Kier alpha value is -8.71. The number of amides is 8. The first-order valence-electron chi connectivity index (χ1n) is 34.7. The fourth-order valence-corrected chi connectivity index (χ4v) is 15.8. The lowest BCUT2D eigenvalue weighted by Crippen LogP contribution is -2.60. The van der Waals surface area contributed by atoms with Gasteiger partial charge in [-0.2, -0.15) is 4.39 Å². The third-order valence-corrected chi connectivity index (χ3v) is 22.6. The molecule has 28 nitrogen and oxygen atoms in total. The zero-order chi connectivity index (χ0) is 75.5. The molecule has 8 aliphatic rings. The number of pyridine rings is 2. The number of ether oxygens (including phenoxy) is 5. The molecule has 4 aliphatic carbocycles. The number of carbonyl (C=O) groups excluding carboxylic acids is 8. The van der Waals surface area contributed by atoms with Crippen LogP contribution in [0.2, 0.25) is 0 Å². The summed E-state index contributed by atoms with van der Waals surface area (Å²) in [4.78, 5) is 119. The molecule has 4 aromatic rings. The Labute approximate surface area is 599 Å². The molecule has 6 fully saturated rings. The number of fused-ring (bicyclic) bond motifs is 6. The highest BCUT2D eigenvalue weighted by Gasteiger charge is 2.64. The smallest absolute Gasteiger partial charge is 0.408 e. The summed E-state index contributed by atoms with van der Waals surface area (Å²) in [5.74, 6) is -3.82. The average Bonchev–Trinajstić information content (AvgIpc) is 1.58. The zero-order valence-corrected chi connectivity index (χ0v) is 61.9. The van der Waals surface area contributed by atoms with Crippen molar-refractivity contribution >= 4 is 89.2 Å². The summed E-state index contributed by atoms with van der Waals surface area (Å²) in [5, 5.41) is 22.8. The normalized spacial score (nSPS) is 24.6. The van der Waals surface area contributed by atoms with Crippen molar-refractivity contribution in [1.29, 1.82) is 0 Å². The van der Waals surface area contributed by atoms with E-state index >= 15 is 0 Å². The molecule has 2 aromatic heterocycles. The van der Waals surface area contributed by atoms with Crippen molar-refractivity contribution in [3.8, 4) is 17.4 Å². The van der Waals surface area contributed by atoms with E-state index < -0.39 is 165 Å². The second-order valence-corrected chi connectivity index (χ2v) is 35.7. The first kappa shape index (κ1) is 76.9.